The van der Waals surface area contributed by atoms with Gasteiger partial charge in [0.2, 0.25) is 0 Å². The van der Waals surface area contributed by atoms with Gasteiger partial charge in [-0.05, 0) is 63.5 Å². The summed E-state index contributed by atoms with van der Waals surface area (Å²) in [6.45, 7) is 0.197. The lowest BCUT2D eigenvalue weighted by Gasteiger charge is -2.34. The van der Waals surface area contributed by atoms with Crippen molar-refractivity contribution in [1.29, 1.82) is 0 Å². The van der Waals surface area contributed by atoms with Crippen LogP contribution in [0.1, 0.15) is 33.4 Å². The molecule has 0 aliphatic heterocycles. The molecule has 0 heterocycles. The predicted molar refractivity (Wildman–Crippen MR) is 176 cm³/mol. The van der Waals surface area contributed by atoms with Crippen LogP contribution in [0.5, 0.6) is 0 Å². The summed E-state index contributed by atoms with van der Waals surface area (Å²) in [6, 6.07) is 44.2. The zero-order valence-electron chi connectivity index (χ0n) is 23.7. The summed E-state index contributed by atoms with van der Waals surface area (Å²) in [4.78, 5) is 28.7. The number of nitro groups is 1. The molecule has 7 nitrogen and oxygen atoms in total. The van der Waals surface area contributed by atoms with Crippen molar-refractivity contribution in [2.24, 2.45) is 5.16 Å². The predicted octanol–water partition coefficient (Wildman–Crippen LogP) is 7.92. The second-order valence-electron chi connectivity index (χ2n) is 9.78. The van der Waals surface area contributed by atoms with E-state index in [0.29, 0.717) is 0 Å². The standard InChI is InChI=1S/C36H29N3O4S/c40-35(25-22-28-16-18-29(19-17-28)26-37-43-27-30-20-23-34(24-21-30)39(41)42)38-44-36(31-10-4-1-5-11-31,32-12-6-2-7-13-32)33-14-8-3-9-15-33/h1-26H,27H2,(H,38,40)/b25-22+,37-26?. The first-order valence-electron chi connectivity index (χ1n) is 13.9. The number of benzene rings is 5. The third-order valence-electron chi connectivity index (χ3n) is 6.86. The Hall–Kier alpha value is -5.47. The normalized spacial score (nSPS) is 11.5. The number of rotatable bonds is 12. The average Bonchev–Trinajstić information content (AvgIpc) is 3.08. The number of amides is 1. The Bertz CT molecular complexity index is 1630. The van der Waals surface area contributed by atoms with Crippen LogP contribution in [0.25, 0.3) is 6.08 Å². The first kappa shape index (κ1) is 30.0. The van der Waals surface area contributed by atoms with Crippen LogP contribution in [0.15, 0.2) is 151 Å². The lowest BCUT2D eigenvalue weighted by Crippen LogP contribution is -2.31. The number of hydrogen-bond donors (Lipinski definition) is 1. The summed E-state index contributed by atoms with van der Waals surface area (Å²) in [5.74, 6) is -0.229. The molecular weight excluding hydrogens is 570 g/mol. The summed E-state index contributed by atoms with van der Waals surface area (Å²) in [5, 5.41) is 14.7. The van der Waals surface area contributed by atoms with Gasteiger partial charge in [-0.1, -0.05) is 120 Å². The van der Waals surface area contributed by atoms with Crippen molar-refractivity contribution in [3.8, 4) is 0 Å². The molecule has 5 aromatic carbocycles. The molecule has 5 aromatic rings. The molecule has 0 saturated heterocycles. The molecule has 0 bridgehead atoms. The summed E-state index contributed by atoms with van der Waals surface area (Å²) in [5.41, 5.74) is 5.65. The molecule has 0 radical (unpaired) electrons. The van der Waals surface area contributed by atoms with Gasteiger partial charge in [0.25, 0.3) is 11.6 Å². The van der Waals surface area contributed by atoms with Crippen LogP contribution >= 0.6 is 11.9 Å². The van der Waals surface area contributed by atoms with Gasteiger partial charge in [-0.15, -0.1) is 0 Å². The Morgan fingerprint density at radius 3 is 1.75 bits per heavy atom. The second-order valence-corrected chi connectivity index (χ2v) is 10.8. The monoisotopic (exact) mass is 599 g/mol. The van der Waals surface area contributed by atoms with Crippen molar-refractivity contribution in [1.82, 2.24) is 4.72 Å². The third-order valence-corrected chi connectivity index (χ3v) is 8.18. The lowest BCUT2D eigenvalue weighted by molar-refractivity contribution is -0.384. The molecule has 0 aromatic heterocycles. The molecule has 1 amide bonds. The van der Waals surface area contributed by atoms with E-state index in [2.05, 4.69) is 46.3 Å². The summed E-state index contributed by atoms with van der Waals surface area (Å²) in [7, 11) is 0. The topological polar surface area (TPSA) is 93.8 Å². The molecular formula is C36H29N3O4S. The lowest BCUT2D eigenvalue weighted by atomic mass is 9.84. The highest BCUT2D eigenvalue weighted by Gasteiger charge is 2.38. The van der Waals surface area contributed by atoms with E-state index in [1.807, 2.05) is 78.9 Å². The van der Waals surface area contributed by atoms with E-state index in [0.717, 1.165) is 33.4 Å². The molecule has 218 valence electrons. The molecule has 0 fully saturated rings. The van der Waals surface area contributed by atoms with E-state index >= 15 is 0 Å². The van der Waals surface area contributed by atoms with E-state index in [4.69, 9.17) is 4.84 Å². The number of carbonyl (C=O) groups is 1. The molecule has 0 unspecified atom stereocenters. The van der Waals surface area contributed by atoms with Gasteiger partial charge in [-0.25, -0.2) is 0 Å². The molecule has 0 aliphatic carbocycles. The van der Waals surface area contributed by atoms with E-state index in [9.17, 15) is 14.9 Å². The van der Waals surface area contributed by atoms with Crippen LogP contribution < -0.4 is 4.72 Å². The molecule has 1 N–H and O–H groups in total. The van der Waals surface area contributed by atoms with Crippen molar-refractivity contribution in [2.45, 2.75) is 11.4 Å². The Labute approximate surface area is 260 Å². The van der Waals surface area contributed by atoms with Gasteiger partial charge in [-0.3, -0.25) is 19.6 Å². The fourth-order valence-electron chi connectivity index (χ4n) is 4.65. The Morgan fingerprint density at radius 1 is 0.750 bits per heavy atom. The van der Waals surface area contributed by atoms with Crippen molar-refractivity contribution >= 4 is 35.8 Å². The van der Waals surface area contributed by atoms with Gasteiger partial charge < -0.3 is 4.84 Å². The van der Waals surface area contributed by atoms with Crippen LogP contribution in [-0.4, -0.2) is 17.0 Å². The maximum atomic E-state index is 13.1. The number of oxime groups is 1. The molecule has 0 saturated carbocycles. The van der Waals surface area contributed by atoms with Crippen molar-refractivity contribution in [2.75, 3.05) is 0 Å². The molecule has 0 spiro atoms. The van der Waals surface area contributed by atoms with E-state index in [1.165, 1.54) is 30.2 Å². The average molecular weight is 600 g/mol. The van der Waals surface area contributed by atoms with Gasteiger partial charge in [0.1, 0.15) is 11.4 Å². The largest absolute Gasteiger partial charge is 0.391 e. The number of nitrogens with one attached hydrogen (secondary N) is 1. The SMILES string of the molecule is O=C(/C=C/c1ccc(C=NOCc2ccc([N+](=O)[O-])cc2)cc1)NSC(c1ccccc1)(c1ccccc1)c1ccccc1. The van der Waals surface area contributed by atoms with Gasteiger partial charge in [0.15, 0.2) is 0 Å². The van der Waals surface area contributed by atoms with Crippen LogP contribution in [0.3, 0.4) is 0 Å². The Kier molecular flexibility index (Phi) is 9.97. The van der Waals surface area contributed by atoms with Gasteiger partial charge >= 0.3 is 0 Å². The number of nitrogens with zero attached hydrogens (tertiary/aromatic N) is 2. The smallest absolute Gasteiger partial charge is 0.269 e. The summed E-state index contributed by atoms with van der Waals surface area (Å²) < 4.78 is 2.42. The fourth-order valence-corrected chi connectivity index (χ4v) is 5.73. The molecule has 5 rings (SSSR count). The zero-order valence-corrected chi connectivity index (χ0v) is 24.5. The Morgan fingerprint density at radius 2 is 1.25 bits per heavy atom. The van der Waals surface area contributed by atoms with Crippen molar-refractivity contribution in [3.05, 3.63) is 189 Å². The highest BCUT2D eigenvalue weighted by molar-refractivity contribution is 7.99. The van der Waals surface area contributed by atoms with Gasteiger partial charge in [0.05, 0.1) is 11.1 Å². The van der Waals surface area contributed by atoms with E-state index in [1.54, 1.807) is 24.4 Å². The summed E-state index contributed by atoms with van der Waals surface area (Å²) >= 11 is 1.37. The van der Waals surface area contributed by atoms with Crippen molar-refractivity contribution < 1.29 is 14.6 Å². The molecule has 44 heavy (non-hydrogen) atoms. The van der Waals surface area contributed by atoms with Crippen LogP contribution in [0.4, 0.5) is 5.69 Å². The first-order valence-corrected chi connectivity index (χ1v) is 14.7. The quantitative estimate of drug-likeness (QED) is 0.0393. The third kappa shape index (κ3) is 7.48. The maximum absolute atomic E-state index is 13.1. The number of carbonyl (C=O) groups excluding carboxylic acids is 1. The number of non-ortho nitro benzene ring substituents is 1. The Balaban J connectivity index is 1.23. The molecule has 0 aliphatic rings. The first-order chi connectivity index (χ1) is 21.5. The van der Waals surface area contributed by atoms with Gasteiger partial charge in [0, 0.05) is 18.2 Å². The minimum atomic E-state index is -0.658. The zero-order chi connectivity index (χ0) is 30.6. The van der Waals surface area contributed by atoms with Crippen LogP contribution in [0, 0.1) is 10.1 Å². The highest BCUT2D eigenvalue weighted by Crippen LogP contribution is 2.47. The molecule has 0 atom stereocenters. The van der Waals surface area contributed by atoms with Crippen LogP contribution in [0.2, 0.25) is 0 Å². The fraction of sp³-hybridized carbons (Fsp3) is 0.0556. The second kappa shape index (κ2) is 14.6. The molecule has 8 heteroatoms. The minimum Gasteiger partial charge on any atom is -0.391 e. The van der Waals surface area contributed by atoms with E-state index in [-0.39, 0.29) is 18.2 Å². The minimum absolute atomic E-state index is 0.0299. The summed E-state index contributed by atoms with van der Waals surface area (Å²) in [6.07, 6.45) is 4.87. The maximum Gasteiger partial charge on any atom is 0.269 e. The number of hydrogen-bond acceptors (Lipinski definition) is 6. The van der Waals surface area contributed by atoms with Crippen molar-refractivity contribution in [3.63, 3.8) is 0 Å². The number of nitro benzene ring substituents is 1. The van der Waals surface area contributed by atoms with Crippen LogP contribution in [-0.2, 0) is 21.0 Å². The highest BCUT2D eigenvalue weighted by atomic mass is 32.2. The van der Waals surface area contributed by atoms with Gasteiger partial charge in [-0.2, -0.15) is 0 Å². The van der Waals surface area contributed by atoms with E-state index < -0.39 is 9.67 Å².